The van der Waals surface area contributed by atoms with Crippen LogP contribution in [0.25, 0.3) is 6.08 Å². The van der Waals surface area contributed by atoms with Crippen LogP contribution in [0.15, 0.2) is 30.3 Å². The van der Waals surface area contributed by atoms with E-state index in [1.165, 1.54) is 37.4 Å². The Morgan fingerprint density at radius 2 is 1.69 bits per heavy atom. The van der Waals surface area contributed by atoms with E-state index in [4.69, 9.17) is 4.74 Å². The maximum Gasteiger partial charge on any atom is 0.331 e. The second-order valence-corrected chi connectivity index (χ2v) is 7.73. The van der Waals surface area contributed by atoms with Gasteiger partial charge in [-0.15, -0.1) is 0 Å². The number of rotatable bonds is 5. The van der Waals surface area contributed by atoms with Gasteiger partial charge in [0.05, 0.1) is 0 Å². The number of nitrogens with one attached hydrogen (secondary N) is 1. The first-order valence-corrected chi connectivity index (χ1v) is 9.34. The molecule has 0 atom stereocenters. The highest BCUT2D eigenvalue weighted by molar-refractivity contribution is 5.89. The van der Waals surface area contributed by atoms with Gasteiger partial charge in [0.15, 0.2) is 6.61 Å². The topological polar surface area (TPSA) is 58.6 Å². The molecular weight excluding hydrogens is 328 g/mol. The zero-order valence-corrected chi connectivity index (χ0v) is 16.1. The molecule has 0 spiro atoms. The van der Waals surface area contributed by atoms with Crippen molar-refractivity contribution in [3.63, 3.8) is 0 Å². The molecule has 142 valence electrons. The number of hydrogen-bond acceptors (Lipinski definition) is 4. The van der Waals surface area contributed by atoms with Crippen LogP contribution >= 0.6 is 0 Å². The number of anilines is 1. The van der Waals surface area contributed by atoms with Crippen molar-refractivity contribution in [3.8, 4) is 0 Å². The molecule has 1 saturated heterocycles. The molecule has 0 radical (unpaired) electrons. The first kappa shape index (κ1) is 20.0. The third kappa shape index (κ3) is 7.30. The Bertz CT molecular complexity index is 622. The lowest BCUT2D eigenvalue weighted by Gasteiger charge is -2.22. The smallest absolute Gasteiger partial charge is 0.331 e. The fourth-order valence-electron chi connectivity index (χ4n) is 2.93. The molecule has 0 unspecified atom stereocenters. The third-order valence-corrected chi connectivity index (χ3v) is 4.14. The lowest BCUT2D eigenvalue weighted by Crippen LogP contribution is -2.42. The van der Waals surface area contributed by atoms with E-state index >= 15 is 0 Å². The molecule has 26 heavy (non-hydrogen) atoms. The fourth-order valence-corrected chi connectivity index (χ4v) is 2.93. The number of carbonyl (C=O) groups is 2. The van der Waals surface area contributed by atoms with Crippen LogP contribution in [0.2, 0.25) is 0 Å². The van der Waals surface area contributed by atoms with E-state index in [-0.39, 0.29) is 18.1 Å². The highest BCUT2D eigenvalue weighted by Gasteiger charge is 2.14. The molecule has 1 aromatic carbocycles. The van der Waals surface area contributed by atoms with E-state index in [0.29, 0.717) is 0 Å². The quantitative estimate of drug-likeness (QED) is 0.646. The van der Waals surface area contributed by atoms with Gasteiger partial charge in [-0.05, 0) is 57.4 Å². The lowest BCUT2D eigenvalue weighted by molar-refractivity contribution is -0.144. The average Bonchev–Trinajstić information content (AvgIpc) is 2.86. The zero-order valence-electron chi connectivity index (χ0n) is 16.1. The van der Waals surface area contributed by atoms with Gasteiger partial charge in [0, 0.05) is 30.4 Å². The van der Waals surface area contributed by atoms with Crippen molar-refractivity contribution in [1.82, 2.24) is 5.32 Å². The molecule has 1 fully saturated rings. The monoisotopic (exact) mass is 358 g/mol. The maximum absolute atomic E-state index is 11.7. The highest BCUT2D eigenvalue weighted by Crippen LogP contribution is 2.20. The van der Waals surface area contributed by atoms with Gasteiger partial charge in [-0.3, -0.25) is 4.79 Å². The highest BCUT2D eigenvalue weighted by atomic mass is 16.5. The lowest BCUT2D eigenvalue weighted by atomic mass is 10.1. The van der Waals surface area contributed by atoms with Gasteiger partial charge in [0.25, 0.3) is 5.91 Å². The summed E-state index contributed by atoms with van der Waals surface area (Å²) >= 11 is 0. The van der Waals surface area contributed by atoms with Gasteiger partial charge in [-0.25, -0.2) is 4.79 Å². The van der Waals surface area contributed by atoms with Crippen molar-refractivity contribution in [2.75, 3.05) is 24.6 Å². The van der Waals surface area contributed by atoms with E-state index in [2.05, 4.69) is 22.3 Å². The second kappa shape index (κ2) is 9.41. The number of ether oxygens (including phenoxy) is 1. The molecule has 1 aromatic rings. The van der Waals surface area contributed by atoms with Crippen LogP contribution in [-0.2, 0) is 14.3 Å². The van der Waals surface area contributed by atoms with Crippen molar-refractivity contribution < 1.29 is 14.3 Å². The number of hydrogen-bond donors (Lipinski definition) is 1. The molecule has 1 heterocycles. The molecule has 5 heteroatoms. The summed E-state index contributed by atoms with van der Waals surface area (Å²) in [6.45, 7) is 7.58. The predicted octanol–water partition coefficient (Wildman–Crippen LogP) is 3.54. The summed E-state index contributed by atoms with van der Waals surface area (Å²) in [7, 11) is 0. The molecular formula is C21H30N2O3. The Labute approximate surface area is 156 Å². The Balaban J connectivity index is 1.82. The number of nitrogens with zero attached hydrogens (tertiary/aromatic N) is 1. The van der Waals surface area contributed by atoms with Crippen LogP contribution in [-0.4, -0.2) is 37.1 Å². The number of esters is 1. The Hall–Kier alpha value is -2.30. The Morgan fingerprint density at radius 1 is 1.08 bits per heavy atom. The van der Waals surface area contributed by atoms with Crippen LogP contribution in [0.5, 0.6) is 0 Å². The molecule has 0 aliphatic carbocycles. The number of benzene rings is 1. The first-order chi connectivity index (χ1) is 12.3. The summed E-state index contributed by atoms with van der Waals surface area (Å²) in [5.41, 5.74) is 1.82. The van der Waals surface area contributed by atoms with Gasteiger partial charge in [0.1, 0.15) is 0 Å². The van der Waals surface area contributed by atoms with Gasteiger partial charge in [-0.2, -0.15) is 0 Å². The van der Waals surface area contributed by atoms with Gasteiger partial charge >= 0.3 is 5.97 Å². The summed E-state index contributed by atoms with van der Waals surface area (Å²) in [6, 6.07) is 8.17. The van der Waals surface area contributed by atoms with Crippen LogP contribution in [0.4, 0.5) is 5.69 Å². The van der Waals surface area contributed by atoms with E-state index in [0.717, 1.165) is 18.7 Å². The Morgan fingerprint density at radius 3 is 2.27 bits per heavy atom. The maximum atomic E-state index is 11.7. The standard InChI is InChI=1S/C21H30N2O3/c1-21(2,3)22-19(24)16-26-20(25)13-10-17-8-11-18(12-9-17)23-14-6-4-5-7-15-23/h8-13H,4-7,14-16H2,1-3H3,(H,22,24)/b13-10+. The van der Waals surface area contributed by atoms with E-state index in [9.17, 15) is 9.59 Å². The van der Waals surface area contributed by atoms with Crippen LogP contribution in [0, 0.1) is 0 Å². The largest absolute Gasteiger partial charge is 0.452 e. The molecule has 2 rings (SSSR count). The molecule has 0 aromatic heterocycles. The van der Waals surface area contributed by atoms with Crippen molar-refractivity contribution in [3.05, 3.63) is 35.9 Å². The fraction of sp³-hybridized carbons (Fsp3) is 0.524. The average molecular weight is 358 g/mol. The van der Waals surface area contributed by atoms with Gasteiger partial charge in [0.2, 0.25) is 0 Å². The van der Waals surface area contributed by atoms with Gasteiger partial charge < -0.3 is 15.0 Å². The third-order valence-electron chi connectivity index (χ3n) is 4.14. The minimum absolute atomic E-state index is 0.270. The van der Waals surface area contributed by atoms with Crippen molar-refractivity contribution in [1.29, 1.82) is 0 Å². The molecule has 0 saturated carbocycles. The van der Waals surface area contributed by atoms with E-state index in [1.54, 1.807) is 6.08 Å². The number of amides is 1. The molecule has 1 amide bonds. The predicted molar refractivity (Wildman–Crippen MR) is 105 cm³/mol. The van der Waals surface area contributed by atoms with Crippen molar-refractivity contribution in [2.24, 2.45) is 0 Å². The number of carbonyl (C=O) groups excluding carboxylic acids is 2. The normalized spacial score (nSPS) is 15.6. The SMILES string of the molecule is CC(C)(C)NC(=O)COC(=O)/C=C/c1ccc(N2CCCCCC2)cc1. The van der Waals surface area contributed by atoms with Crippen LogP contribution < -0.4 is 10.2 Å². The Kier molecular flexibility index (Phi) is 7.25. The summed E-state index contributed by atoms with van der Waals surface area (Å²) in [5.74, 6) is -0.827. The van der Waals surface area contributed by atoms with Crippen LogP contribution in [0.1, 0.15) is 52.0 Å². The van der Waals surface area contributed by atoms with Gasteiger partial charge in [-0.1, -0.05) is 25.0 Å². The van der Waals surface area contributed by atoms with Crippen LogP contribution in [0.3, 0.4) is 0 Å². The summed E-state index contributed by atoms with van der Waals surface area (Å²) in [4.78, 5) is 25.8. The summed E-state index contributed by atoms with van der Waals surface area (Å²) < 4.78 is 4.96. The molecule has 1 aliphatic rings. The van der Waals surface area contributed by atoms with Crippen molar-refractivity contribution >= 4 is 23.6 Å². The van der Waals surface area contributed by atoms with E-state index < -0.39 is 5.97 Å². The molecule has 0 bridgehead atoms. The molecule has 1 N–H and O–H groups in total. The zero-order chi connectivity index (χ0) is 19.0. The van der Waals surface area contributed by atoms with E-state index in [1.807, 2.05) is 32.9 Å². The molecule has 1 aliphatic heterocycles. The summed E-state index contributed by atoms with van der Waals surface area (Å²) in [6.07, 6.45) is 8.18. The minimum atomic E-state index is -0.523. The van der Waals surface area contributed by atoms with Crippen molar-refractivity contribution in [2.45, 2.75) is 52.0 Å². The summed E-state index contributed by atoms with van der Waals surface area (Å²) in [5, 5.41) is 2.75. The second-order valence-electron chi connectivity index (χ2n) is 7.73. The molecule has 5 nitrogen and oxygen atoms in total. The minimum Gasteiger partial charge on any atom is -0.452 e. The first-order valence-electron chi connectivity index (χ1n) is 9.34.